The fourth-order valence-corrected chi connectivity index (χ4v) is 2.69. The first kappa shape index (κ1) is 12.8. The number of rotatable bonds is 2. The number of fused-ring (bicyclic) bond motifs is 1. The van der Waals surface area contributed by atoms with Crippen LogP contribution in [0.5, 0.6) is 0 Å². The van der Waals surface area contributed by atoms with Crippen molar-refractivity contribution in [2.75, 3.05) is 6.54 Å². The monoisotopic (exact) mass is 296 g/mol. The minimum Gasteiger partial charge on any atom is -0.344 e. The van der Waals surface area contributed by atoms with E-state index >= 15 is 0 Å². The molecule has 1 aliphatic heterocycles. The minimum atomic E-state index is -0.866. The van der Waals surface area contributed by atoms with Crippen molar-refractivity contribution in [2.45, 2.75) is 0 Å². The molecule has 0 bridgehead atoms. The average Bonchev–Trinajstić information content (AvgIpc) is 3.16. The standard InChI is InChI=1S/C16H10F2N4/c17-14-3-1-2-9(15(14)18)11-6-19-7-12(11)13-8-20-16-10(13)4-5-21-22-16/h1-6,8H,7H2,(H,20,22). The van der Waals surface area contributed by atoms with Crippen LogP contribution in [0.2, 0.25) is 0 Å². The second-order valence-electron chi connectivity index (χ2n) is 4.96. The number of benzene rings is 1. The first-order valence-electron chi connectivity index (χ1n) is 6.72. The first-order chi connectivity index (χ1) is 10.8. The van der Waals surface area contributed by atoms with Crippen molar-refractivity contribution in [2.24, 2.45) is 4.99 Å². The van der Waals surface area contributed by atoms with Crippen LogP contribution in [0.1, 0.15) is 11.1 Å². The number of aromatic amines is 1. The molecule has 1 aliphatic rings. The largest absolute Gasteiger partial charge is 0.344 e. The number of hydrogen-bond donors (Lipinski definition) is 1. The highest BCUT2D eigenvalue weighted by Crippen LogP contribution is 2.34. The molecule has 0 amide bonds. The van der Waals surface area contributed by atoms with Gasteiger partial charge in [0.25, 0.3) is 0 Å². The van der Waals surface area contributed by atoms with Crippen LogP contribution in [0, 0.1) is 11.6 Å². The number of aromatic nitrogens is 3. The Hall–Kier alpha value is -2.89. The van der Waals surface area contributed by atoms with E-state index < -0.39 is 11.6 Å². The summed E-state index contributed by atoms with van der Waals surface area (Å²) in [6.07, 6.45) is 4.97. The summed E-state index contributed by atoms with van der Waals surface area (Å²) in [7, 11) is 0. The zero-order chi connectivity index (χ0) is 15.1. The van der Waals surface area contributed by atoms with Gasteiger partial charge in [-0.1, -0.05) is 12.1 Å². The SMILES string of the molecule is Fc1cccc(C2=C(c3c[nH]c4nnccc34)CN=C2)c1F. The van der Waals surface area contributed by atoms with Gasteiger partial charge < -0.3 is 4.98 Å². The van der Waals surface area contributed by atoms with Crippen LogP contribution < -0.4 is 0 Å². The Morgan fingerprint density at radius 3 is 2.91 bits per heavy atom. The third-order valence-electron chi connectivity index (χ3n) is 3.73. The molecule has 1 aromatic carbocycles. The number of nitrogens with one attached hydrogen (secondary N) is 1. The predicted molar refractivity (Wildman–Crippen MR) is 80.4 cm³/mol. The van der Waals surface area contributed by atoms with Crippen LogP contribution in [-0.4, -0.2) is 27.9 Å². The highest BCUT2D eigenvalue weighted by molar-refractivity contribution is 6.23. The molecule has 0 spiro atoms. The first-order valence-corrected chi connectivity index (χ1v) is 6.72. The lowest BCUT2D eigenvalue weighted by Crippen LogP contribution is -1.96. The van der Waals surface area contributed by atoms with E-state index in [0.717, 1.165) is 22.6 Å². The summed E-state index contributed by atoms with van der Waals surface area (Å²) in [5.74, 6) is -1.72. The van der Waals surface area contributed by atoms with Gasteiger partial charge in [-0.15, -0.1) is 5.10 Å². The van der Waals surface area contributed by atoms with E-state index in [1.54, 1.807) is 24.7 Å². The van der Waals surface area contributed by atoms with E-state index in [-0.39, 0.29) is 5.56 Å². The molecule has 0 saturated heterocycles. The molecule has 108 valence electrons. The molecule has 0 unspecified atom stereocenters. The van der Waals surface area contributed by atoms with Crippen LogP contribution in [-0.2, 0) is 0 Å². The van der Waals surface area contributed by atoms with Crippen molar-refractivity contribution >= 4 is 28.4 Å². The van der Waals surface area contributed by atoms with Gasteiger partial charge in [0.2, 0.25) is 0 Å². The third kappa shape index (κ3) is 1.84. The van der Waals surface area contributed by atoms with Gasteiger partial charge in [-0.25, -0.2) is 8.78 Å². The van der Waals surface area contributed by atoms with Gasteiger partial charge in [0.15, 0.2) is 17.3 Å². The molecule has 3 aromatic rings. The van der Waals surface area contributed by atoms with E-state index in [0.29, 0.717) is 17.8 Å². The van der Waals surface area contributed by atoms with E-state index in [2.05, 4.69) is 20.2 Å². The van der Waals surface area contributed by atoms with Gasteiger partial charge in [-0.05, 0) is 17.7 Å². The summed E-state index contributed by atoms with van der Waals surface area (Å²) in [4.78, 5) is 7.25. The van der Waals surface area contributed by atoms with Crippen LogP contribution in [0.25, 0.3) is 22.2 Å². The van der Waals surface area contributed by atoms with E-state index in [9.17, 15) is 8.78 Å². The number of H-pyrrole nitrogens is 1. The topological polar surface area (TPSA) is 53.9 Å². The maximum Gasteiger partial charge on any atom is 0.166 e. The van der Waals surface area contributed by atoms with Gasteiger partial charge in [-0.3, -0.25) is 4.99 Å². The summed E-state index contributed by atoms with van der Waals surface area (Å²) in [6, 6.07) is 5.98. The smallest absolute Gasteiger partial charge is 0.166 e. The van der Waals surface area contributed by atoms with Gasteiger partial charge >= 0.3 is 0 Å². The average molecular weight is 296 g/mol. The van der Waals surface area contributed by atoms with E-state index in [4.69, 9.17) is 0 Å². The molecule has 4 nitrogen and oxygen atoms in total. The quantitative estimate of drug-likeness (QED) is 0.789. The number of nitrogens with zero attached hydrogens (tertiary/aromatic N) is 3. The number of allylic oxidation sites excluding steroid dienone is 1. The molecule has 0 saturated carbocycles. The van der Waals surface area contributed by atoms with Crippen LogP contribution in [0.3, 0.4) is 0 Å². The molecule has 1 N–H and O–H groups in total. The molecule has 2 aromatic heterocycles. The molecule has 0 radical (unpaired) electrons. The van der Waals surface area contributed by atoms with Gasteiger partial charge in [0.1, 0.15) is 0 Å². The van der Waals surface area contributed by atoms with Gasteiger partial charge in [-0.2, -0.15) is 5.10 Å². The van der Waals surface area contributed by atoms with E-state index in [1.165, 1.54) is 6.07 Å². The molecule has 3 heterocycles. The minimum absolute atomic E-state index is 0.215. The Morgan fingerprint density at radius 2 is 2.00 bits per heavy atom. The highest BCUT2D eigenvalue weighted by Gasteiger charge is 2.21. The number of hydrogen-bond acceptors (Lipinski definition) is 3. The molecule has 4 rings (SSSR count). The lowest BCUT2D eigenvalue weighted by molar-refractivity contribution is 0.507. The Kier molecular flexibility index (Phi) is 2.82. The van der Waals surface area contributed by atoms with Crippen LogP contribution in [0.4, 0.5) is 8.78 Å². The number of halogens is 2. The van der Waals surface area contributed by atoms with Gasteiger partial charge in [0, 0.05) is 34.5 Å². The van der Waals surface area contributed by atoms with Crippen molar-refractivity contribution in [1.29, 1.82) is 0 Å². The van der Waals surface area contributed by atoms with Crippen molar-refractivity contribution in [1.82, 2.24) is 15.2 Å². The molecule has 0 aliphatic carbocycles. The van der Waals surface area contributed by atoms with Crippen LogP contribution in [0.15, 0.2) is 41.7 Å². The lowest BCUT2D eigenvalue weighted by Gasteiger charge is -2.07. The normalized spacial score (nSPS) is 14.3. The Bertz CT molecular complexity index is 940. The van der Waals surface area contributed by atoms with E-state index in [1.807, 2.05) is 6.07 Å². The fourth-order valence-electron chi connectivity index (χ4n) is 2.69. The van der Waals surface area contributed by atoms with Crippen molar-refractivity contribution in [3.63, 3.8) is 0 Å². The van der Waals surface area contributed by atoms with Crippen LogP contribution >= 0.6 is 0 Å². The van der Waals surface area contributed by atoms with Crippen molar-refractivity contribution in [3.05, 3.63) is 59.4 Å². The van der Waals surface area contributed by atoms with Gasteiger partial charge in [0.05, 0.1) is 12.7 Å². The summed E-state index contributed by atoms with van der Waals surface area (Å²) in [5.41, 5.74) is 3.17. The third-order valence-corrected chi connectivity index (χ3v) is 3.73. The summed E-state index contributed by atoms with van der Waals surface area (Å²) >= 11 is 0. The molecule has 22 heavy (non-hydrogen) atoms. The Labute approximate surface area is 124 Å². The summed E-state index contributed by atoms with van der Waals surface area (Å²) < 4.78 is 27.6. The molecule has 0 fully saturated rings. The zero-order valence-corrected chi connectivity index (χ0v) is 11.3. The highest BCUT2D eigenvalue weighted by atomic mass is 19.2. The Balaban J connectivity index is 1.95. The maximum atomic E-state index is 14.1. The fraction of sp³-hybridized carbons (Fsp3) is 0.0625. The number of aliphatic imine (C=N–C) groups is 1. The molecule has 0 atom stereocenters. The van der Waals surface area contributed by atoms with Crippen molar-refractivity contribution in [3.8, 4) is 0 Å². The lowest BCUT2D eigenvalue weighted by atomic mass is 9.96. The van der Waals surface area contributed by atoms with Crippen molar-refractivity contribution < 1.29 is 8.78 Å². The predicted octanol–water partition coefficient (Wildman–Crippen LogP) is 3.23. The summed E-state index contributed by atoms with van der Waals surface area (Å²) in [5, 5.41) is 8.70. The second-order valence-corrected chi connectivity index (χ2v) is 4.96. The molecular formula is C16H10F2N4. The summed E-state index contributed by atoms with van der Waals surface area (Å²) in [6.45, 7) is 0.417. The zero-order valence-electron chi connectivity index (χ0n) is 11.3. The second kappa shape index (κ2) is 4.84. The maximum absolute atomic E-state index is 14.1. The Morgan fingerprint density at radius 1 is 1.09 bits per heavy atom. The molecule has 6 heteroatoms. The molecular weight excluding hydrogens is 286 g/mol.